The second kappa shape index (κ2) is 6.56. The lowest BCUT2D eigenvalue weighted by Gasteiger charge is -2.31. The van der Waals surface area contributed by atoms with Gasteiger partial charge < -0.3 is 10.5 Å². The molecule has 0 fully saturated rings. The average Bonchev–Trinajstić information content (AvgIpc) is 2.37. The van der Waals surface area contributed by atoms with E-state index in [1.807, 2.05) is 24.3 Å². The highest BCUT2D eigenvalue weighted by molar-refractivity contribution is 5.31. The highest BCUT2D eigenvalue weighted by Crippen LogP contribution is 2.28. The van der Waals surface area contributed by atoms with E-state index < -0.39 is 12.7 Å². The lowest BCUT2D eigenvalue weighted by molar-refractivity contribution is -0.149. The summed E-state index contributed by atoms with van der Waals surface area (Å²) in [7, 11) is 0. The summed E-state index contributed by atoms with van der Waals surface area (Å²) in [5.74, 6) is 0. The molecule has 0 saturated carbocycles. The van der Waals surface area contributed by atoms with Gasteiger partial charge in [-0.25, -0.2) is 0 Å². The van der Waals surface area contributed by atoms with Gasteiger partial charge in [-0.2, -0.15) is 13.2 Å². The van der Waals surface area contributed by atoms with Crippen LogP contribution in [0.25, 0.3) is 0 Å². The lowest BCUT2D eigenvalue weighted by atomic mass is 9.97. The quantitative estimate of drug-likeness (QED) is 0.902. The molecule has 20 heavy (non-hydrogen) atoms. The maximum Gasteiger partial charge on any atom is 0.401 e. The summed E-state index contributed by atoms with van der Waals surface area (Å²) in [5, 5.41) is 0. The van der Waals surface area contributed by atoms with Crippen LogP contribution in [0.4, 0.5) is 13.2 Å². The molecule has 1 atom stereocenters. The molecule has 0 saturated heterocycles. The van der Waals surface area contributed by atoms with Gasteiger partial charge in [0.25, 0.3) is 0 Å². The van der Waals surface area contributed by atoms with E-state index in [0.29, 0.717) is 6.61 Å². The number of alkyl halides is 3. The van der Waals surface area contributed by atoms with E-state index in [1.165, 1.54) is 4.90 Å². The summed E-state index contributed by atoms with van der Waals surface area (Å²) in [6, 6.07) is 7.75. The van der Waals surface area contributed by atoms with Crippen molar-refractivity contribution in [1.29, 1.82) is 0 Å². The molecular weight excluding hydrogens is 269 g/mol. The minimum atomic E-state index is -4.22. The van der Waals surface area contributed by atoms with Crippen LogP contribution >= 0.6 is 0 Å². The van der Waals surface area contributed by atoms with Crippen LogP contribution in [-0.2, 0) is 11.2 Å². The lowest BCUT2D eigenvalue weighted by Crippen LogP contribution is -2.41. The second-order valence-corrected chi connectivity index (χ2v) is 4.95. The number of ether oxygens (including phenoxy) is 1. The van der Waals surface area contributed by atoms with Crippen molar-refractivity contribution in [2.75, 3.05) is 32.8 Å². The fourth-order valence-corrected chi connectivity index (χ4v) is 2.53. The Morgan fingerprint density at radius 1 is 1.30 bits per heavy atom. The number of rotatable bonds is 5. The Kier molecular flexibility index (Phi) is 5.01. The number of nitrogens with two attached hydrogens (primary N) is 1. The zero-order valence-corrected chi connectivity index (χ0v) is 11.2. The van der Waals surface area contributed by atoms with E-state index in [1.54, 1.807) is 0 Å². The summed E-state index contributed by atoms with van der Waals surface area (Å²) < 4.78 is 43.3. The van der Waals surface area contributed by atoms with Gasteiger partial charge in [0.1, 0.15) is 0 Å². The van der Waals surface area contributed by atoms with E-state index in [2.05, 4.69) is 0 Å². The molecular formula is C14H19F3N2O. The number of hydrogen-bond donors (Lipinski definition) is 1. The Balaban J connectivity index is 2.07. The summed E-state index contributed by atoms with van der Waals surface area (Å²) in [4.78, 5) is 1.31. The number of nitrogens with zero attached hydrogens (tertiary/aromatic N) is 1. The molecule has 0 radical (unpaired) electrons. The topological polar surface area (TPSA) is 38.5 Å². The van der Waals surface area contributed by atoms with Crippen molar-refractivity contribution in [2.45, 2.75) is 18.7 Å². The van der Waals surface area contributed by atoms with Gasteiger partial charge in [0.15, 0.2) is 0 Å². The zero-order valence-electron chi connectivity index (χ0n) is 11.2. The molecule has 1 aliphatic heterocycles. The van der Waals surface area contributed by atoms with Gasteiger partial charge in [-0.15, -0.1) is 0 Å². The Labute approximate surface area is 116 Å². The van der Waals surface area contributed by atoms with Gasteiger partial charge in [-0.1, -0.05) is 24.3 Å². The molecule has 1 aliphatic rings. The van der Waals surface area contributed by atoms with Crippen molar-refractivity contribution in [3.8, 4) is 0 Å². The first-order chi connectivity index (χ1) is 9.49. The standard InChI is InChI=1S/C14H19F3N2O/c15-14(16,17)10-19(7-6-18)9-13-12-4-2-1-3-11(12)5-8-20-13/h1-4,13H,5-10,18H2. The van der Waals surface area contributed by atoms with Crippen molar-refractivity contribution in [3.63, 3.8) is 0 Å². The first kappa shape index (κ1) is 15.3. The monoisotopic (exact) mass is 288 g/mol. The number of fused-ring (bicyclic) bond motifs is 1. The van der Waals surface area contributed by atoms with Crippen LogP contribution in [0, 0.1) is 0 Å². The van der Waals surface area contributed by atoms with Crippen molar-refractivity contribution in [2.24, 2.45) is 5.73 Å². The second-order valence-electron chi connectivity index (χ2n) is 4.95. The van der Waals surface area contributed by atoms with Crippen LogP contribution in [0.15, 0.2) is 24.3 Å². The van der Waals surface area contributed by atoms with Crippen LogP contribution in [0.3, 0.4) is 0 Å². The fraction of sp³-hybridized carbons (Fsp3) is 0.571. The summed E-state index contributed by atoms with van der Waals surface area (Å²) >= 11 is 0. The molecule has 2 rings (SSSR count). The first-order valence-corrected chi connectivity index (χ1v) is 6.68. The third-order valence-corrected chi connectivity index (χ3v) is 3.36. The van der Waals surface area contributed by atoms with Gasteiger partial charge in [0.2, 0.25) is 0 Å². The Bertz CT molecular complexity index is 437. The maximum absolute atomic E-state index is 12.6. The minimum absolute atomic E-state index is 0.199. The fourth-order valence-electron chi connectivity index (χ4n) is 2.53. The molecule has 0 spiro atoms. The third kappa shape index (κ3) is 4.19. The van der Waals surface area contributed by atoms with Crippen LogP contribution in [0.1, 0.15) is 17.2 Å². The molecule has 3 nitrogen and oxygen atoms in total. The smallest absolute Gasteiger partial charge is 0.372 e. The van der Waals surface area contributed by atoms with Crippen LogP contribution in [0.5, 0.6) is 0 Å². The molecule has 1 unspecified atom stereocenters. The molecule has 0 bridgehead atoms. The van der Waals surface area contributed by atoms with Gasteiger partial charge in [0, 0.05) is 19.6 Å². The van der Waals surface area contributed by atoms with Crippen molar-refractivity contribution in [1.82, 2.24) is 4.90 Å². The molecule has 1 aromatic carbocycles. The molecule has 2 N–H and O–H groups in total. The minimum Gasteiger partial charge on any atom is -0.372 e. The molecule has 1 aromatic rings. The van der Waals surface area contributed by atoms with Gasteiger partial charge in [-0.05, 0) is 17.5 Å². The molecule has 0 amide bonds. The highest BCUT2D eigenvalue weighted by Gasteiger charge is 2.32. The first-order valence-electron chi connectivity index (χ1n) is 6.68. The summed E-state index contributed by atoms with van der Waals surface area (Å²) in [6.07, 6.45) is -3.72. The largest absolute Gasteiger partial charge is 0.401 e. The predicted molar refractivity (Wildman–Crippen MR) is 70.4 cm³/mol. The van der Waals surface area contributed by atoms with Crippen LogP contribution < -0.4 is 5.73 Å². The Morgan fingerprint density at radius 3 is 2.75 bits per heavy atom. The molecule has 0 aromatic heterocycles. The number of benzene rings is 1. The van der Waals surface area contributed by atoms with Crippen LogP contribution in [-0.4, -0.2) is 43.9 Å². The van der Waals surface area contributed by atoms with Crippen molar-refractivity contribution in [3.05, 3.63) is 35.4 Å². The number of hydrogen-bond acceptors (Lipinski definition) is 3. The molecule has 6 heteroatoms. The normalized spacial score (nSPS) is 19.1. The third-order valence-electron chi connectivity index (χ3n) is 3.36. The highest BCUT2D eigenvalue weighted by atomic mass is 19.4. The maximum atomic E-state index is 12.6. The van der Waals surface area contributed by atoms with Crippen LogP contribution in [0.2, 0.25) is 0 Å². The van der Waals surface area contributed by atoms with Crippen molar-refractivity contribution < 1.29 is 17.9 Å². The summed E-state index contributed by atoms with van der Waals surface area (Å²) in [5.41, 5.74) is 7.54. The molecule has 1 heterocycles. The van der Waals surface area contributed by atoms with Gasteiger partial charge in [-0.3, -0.25) is 4.90 Å². The number of halogens is 3. The van der Waals surface area contributed by atoms with E-state index in [0.717, 1.165) is 17.5 Å². The van der Waals surface area contributed by atoms with Gasteiger partial charge >= 0.3 is 6.18 Å². The SMILES string of the molecule is NCCN(CC1OCCc2ccccc21)CC(F)(F)F. The predicted octanol–water partition coefficient (Wildman–Crippen LogP) is 2.12. The average molecular weight is 288 g/mol. The zero-order chi connectivity index (χ0) is 14.6. The van der Waals surface area contributed by atoms with E-state index >= 15 is 0 Å². The van der Waals surface area contributed by atoms with Crippen molar-refractivity contribution >= 4 is 0 Å². The Hall–Kier alpha value is -1.11. The molecule has 0 aliphatic carbocycles. The van der Waals surface area contributed by atoms with Gasteiger partial charge in [0.05, 0.1) is 19.3 Å². The summed E-state index contributed by atoms with van der Waals surface area (Å²) in [6.45, 7) is 0.218. The van der Waals surface area contributed by atoms with E-state index in [9.17, 15) is 13.2 Å². The van der Waals surface area contributed by atoms with E-state index in [4.69, 9.17) is 10.5 Å². The molecule has 112 valence electrons. The Morgan fingerprint density at radius 2 is 2.05 bits per heavy atom. The van der Waals surface area contributed by atoms with E-state index in [-0.39, 0.29) is 25.7 Å².